The molecule has 0 aliphatic carbocycles. The highest BCUT2D eigenvalue weighted by molar-refractivity contribution is 6.23. The van der Waals surface area contributed by atoms with E-state index in [1.165, 1.54) is 0 Å². The molecule has 1 aromatic rings. The van der Waals surface area contributed by atoms with E-state index in [-0.39, 0.29) is 11.6 Å². The normalized spacial score (nSPS) is 10.5. The summed E-state index contributed by atoms with van der Waals surface area (Å²) < 4.78 is 28.8. The minimum Gasteiger partial charge on any atom is -0.434 e. The van der Waals surface area contributed by atoms with Gasteiger partial charge >= 0.3 is 6.61 Å². The highest BCUT2D eigenvalue weighted by atomic mass is 35.5. The SMILES string of the molecule is C=C(CCl)c1cccc(C)c1OC(F)F. The van der Waals surface area contributed by atoms with Crippen molar-refractivity contribution in [3.8, 4) is 5.75 Å². The second-order valence-electron chi connectivity index (χ2n) is 3.07. The van der Waals surface area contributed by atoms with Crippen molar-refractivity contribution < 1.29 is 13.5 Å². The van der Waals surface area contributed by atoms with Gasteiger partial charge in [0.15, 0.2) is 0 Å². The van der Waals surface area contributed by atoms with Crippen molar-refractivity contribution in [1.29, 1.82) is 0 Å². The molecule has 0 fully saturated rings. The highest BCUT2D eigenvalue weighted by Crippen LogP contribution is 2.30. The standard InChI is InChI=1S/C11H11ClF2O/c1-7-4-3-5-9(8(2)6-12)10(7)15-11(13)14/h3-5,11H,2,6H2,1H3. The number of hydrogen-bond acceptors (Lipinski definition) is 1. The predicted molar refractivity (Wildman–Crippen MR) is 57.6 cm³/mol. The number of alkyl halides is 3. The summed E-state index contributed by atoms with van der Waals surface area (Å²) in [6.45, 7) is 2.55. The van der Waals surface area contributed by atoms with Crippen molar-refractivity contribution >= 4 is 17.2 Å². The number of rotatable bonds is 4. The lowest BCUT2D eigenvalue weighted by Crippen LogP contribution is -2.06. The third-order valence-corrected chi connectivity index (χ3v) is 2.28. The van der Waals surface area contributed by atoms with Crippen molar-refractivity contribution in [2.45, 2.75) is 13.5 Å². The first-order valence-corrected chi connectivity index (χ1v) is 4.88. The van der Waals surface area contributed by atoms with Gasteiger partial charge in [-0.1, -0.05) is 24.8 Å². The number of para-hydroxylation sites is 1. The second-order valence-corrected chi connectivity index (χ2v) is 3.33. The number of allylic oxidation sites excluding steroid dienone is 1. The summed E-state index contributed by atoms with van der Waals surface area (Å²) in [6, 6.07) is 5.11. The molecule has 0 radical (unpaired) electrons. The first kappa shape index (κ1) is 12.0. The Morgan fingerprint density at radius 2 is 2.20 bits per heavy atom. The van der Waals surface area contributed by atoms with Gasteiger partial charge in [-0.05, 0) is 18.1 Å². The summed E-state index contributed by atoms with van der Waals surface area (Å²) in [6.07, 6.45) is 0. The maximum absolute atomic E-state index is 12.2. The van der Waals surface area contributed by atoms with Gasteiger partial charge in [0.05, 0.1) is 0 Å². The fourth-order valence-electron chi connectivity index (χ4n) is 1.25. The van der Waals surface area contributed by atoms with Gasteiger partial charge in [0.25, 0.3) is 0 Å². The zero-order chi connectivity index (χ0) is 11.4. The zero-order valence-corrected chi connectivity index (χ0v) is 9.02. The topological polar surface area (TPSA) is 9.23 Å². The van der Waals surface area contributed by atoms with Crippen LogP contribution in [0.3, 0.4) is 0 Å². The van der Waals surface area contributed by atoms with E-state index in [1.807, 2.05) is 0 Å². The third-order valence-electron chi connectivity index (χ3n) is 1.96. The number of ether oxygens (including phenoxy) is 1. The first-order valence-electron chi connectivity index (χ1n) is 4.34. The smallest absolute Gasteiger partial charge is 0.387 e. The summed E-state index contributed by atoms with van der Waals surface area (Å²) >= 11 is 5.60. The Kier molecular flexibility index (Phi) is 4.09. The molecule has 15 heavy (non-hydrogen) atoms. The molecule has 0 aliphatic rings. The summed E-state index contributed by atoms with van der Waals surface area (Å²) in [4.78, 5) is 0. The molecule has 0 atom stereocenters. The molecule has 0 saturated heterocycles. The monoisotopic (exact) mass is 232 g/mol. The quantitative estimate of drug-likeness (QED) is 0.717. The van der Waals surface area contributed by atoms with Crippen molar-refractivity contribution in [3.05, 3.63) is 35.9 Å². The van der Waals surface area contributed by atoms with Crippen LogP contribution in [-0.2, 0) is 0 Å². The molecule has 0 aromatic heterocycles. The van der Waals surface area contributed by atoms with Crippen LogP contribution < -0.4 is 4.74 Å². The van der Waals surface area contributed by atoms with Crippen LogP contribution in [-0.4, -0.2) is 12.5 Å². The van der Waals surface area contributed by atoms with Gasteiger partial charge < -0.3 is 4.74 Å². The maximum Gasteiger partial charge on any atom is 0.387 e. The Balaban J connectivity index is 3.14. The van der Waals surface area contributed by atoms with Crippen molar-refractivity contribution in [1.82, 2.24) is 0 Å². The molecule has 0 N–H and O–H groups in total. The zero-order valence-electron chi connectivity index (χ0n) is 8.27. The molecule has 0 unspecified atom stereocenters. The fraction of sp³-hybridized carbons (Fsp3) is 0.273. The van der Waals surface area contributed by atoms with E-state index >= 15 is 0 Å². The van der Waals surface area contributed by atoms with Gasteiger partial charge in [0, 0.05) is 11.4 Å². The lowest BCUT2D eigenvalue weighted by Gasteiger charge is -2.13. The van der Waals surface area contributed by atoms with Gasteiger partial charge in [0.1, 0.15) is 5.75 Å². The molecule has 82 valence electrons. The van der Waals surface area contributed by atoms with Crippen LogP contribution in [0, 0.1) is 6.92 Å². The Labute approximate surface area is 92.3 Å². The van der Waals surface area contributed by atoms with Crippen LogP contribution >= 0.6 is 11.6 Å². The third kappa shape index (κ3) is 2.93. The molecule has 1 aromatic carbocycles. The first-order chi connectivity index (χ1) is 7.06. The van der Waals surface area contributed by atoms with Crippen molar-refractivity contribution in [2.75, 3.05) is 5.88 Å². The predicted octanol–water partition coefficient (Wildman–Crippen LogP) is 3.85. The molecular weight excluding hydrogens is 222 g/mol. The molecule has 1 nitrogen and oxygen atoms in total. The van der Waals surface area contributed by atoms with E-state index in [4.69, 9.17) is 11.6 Å². The minimum absolute atomic E-state index is 0.151. The Bertz CT molecular complexity index is 364. The minimum atomic E-state index is -2.84. The van der Waals surface area contributed by atoms with E-state index in [1.54, 1.807) is 25.1 Å². The fourth-order valence-corrected chi connectivity index (χ4v) is 1.39. The Morgan fingerprint density at radius 3 is 2.73 bits per heavy atom. The van der Waals surface area contributed by atoms with Gasteiger partial charge in [-0.15, -0.1) is 11.6 Å². The Morgan fingerprint density at radius 1 is 1.53 bits per heavy atom. The summed E-state index contributed by atoms with van der Waals surface area (Å²) in [5, 5.41) is 0. The van der Waals surface area contributed by atoms with Crippen LogP contribution in [0.4, 0.5) is 8.78 Å². The summed E-state index contributed by atoms with van der Waals surface area (Å²) in [5.74, 6) is 0.335. The van der Waals surface area contributed by atoms with Crippen LogP contribution in [0.1, 0.15) is 11.1 Å². The van der Waals surface area contributed by atoms with E-state index in [2.05, 4.69) is 11.3 Å². The average Bonchev–Trinajstić information content (AvgIpc) is 2.19. The van der Waals surface area contributed by atoms with Crippen LogP contribution in [0.15, 0.2) is 24.8 Å². The molecule has 0 spiro atoms. The van der Waals surface area contributed by atoms with Crippen LogP contribution in [0.2, 0.25) is 0 Å². The van der Waals surface area contributed by atoms with Gasteiger partial charge in [-0.25, -0.2) is 0 Å². The van der Waals surface area contributed by atoms with Gasteiger partial charge in [0.2, 0.25) is 0 Å². The number of hydrogen-bond donors (Lipinski definition) is 0. The summed E-state index contributed by atoms with van der Waals surface area (Å²) in [5.41, 5.74) is 1.74. The van der Waals surface area contributed by atoms with E-state index in [9.17, 15) is 8.78 Å². The van der Waals surface area contributed by atoms with Gasteiger partial charge in [-0.2, -0.15) is 8.78 Å². The summed E-state index contributed by atoms with van der Waals surface area (Å²) in [7, 11) is 0. The molecule has 0 heterocycles. The molecule has 0 aliphatic heterocycles. The van der Waals surface area contributed by atoms with Crippen molar-refractivity contribution in [2.24, 2.45) is 0 Å². The molecular formula is C11H11ClF2O. The lowest BCUT2D eigenvalue weighted by molar-refractivity contribution is -0.0504. The van der Waals surface area contributed by atoms with Crippen LogP contribution in [0.5, 0.6) is 5.75 Å². The number of benzene rings is 1. The number of aryl methyl sites for hydroxylation is 1. The number of halogens is 3. The average molecular weight is 233 g/mol. The second kappa shape index (κ2) is 5.12. The van der Waals surface area contributed by atoms with E-state index < -0.39 is 6.61 Å². The highest BCUT2D eigenvalue weighted by Gasteiger charge is 2.13. The van der Waals surface area contributed by atoms with E-state index in [0.717, 1.165) is 0 Å². The largest absolute Gasteiger partial charge is 0.434 e. The molecule has 0 bridgehead atoms. The molecule has 1 rings (SSSR count). The Hall–Kier alpha value is -1.09. The molecule has 0 amide bonds. The van der Waals surface area contributed by atoms with Crippen LogP contribution in [0.25, 0.3) is 5.57 Å². The molecule has 0 saturated carbocycles. The maximum atomic E-state index is 12.2. The molecule has 4 heteroatoms. The lowest BCUT2D eigenvalue weighted by atomic mass is 10.0. The van der Waals surface area contributed by atoms with E-state index in [0.29, 0.717) is 16.7 Å². The van der Waals surface area contributed by atoms with Gasteiger partial charge in [-0.3, -0.25) is 0 Å². The van der Waals surface area contributed by atoms with Crippen molar-refractivity contribution in [3.63, 3.8) is 0 Å².